The highest BCUT2D eigenvalue weighted by Crippen LogP contribution is 2.34. The zero-order valence-electron chi connectivity index (χ0n) is 16.9. The molecule has 0 N–H and O–H groups in total. The predicted molar refractivity (Wildman–Crippen MR) is 107 cm³/mol. The Kier molecular flexibility index (Phi) is 4.10. The Balaban J connectivity index is 1.56. The summed E-state index contributed by atoms with van der Waals surface area (Å²) in [4.78, 5) is 4.65. The molecule has 0 spiro atoms. The molecule has 0 bridgehead atoms. The minimum Gasteiger partial charge on any atom is -0.362 e. The maximum atomic E-state index is 14.6. The Hall–Kier alpha value is -2.92. The second-order valence-electron chi connectivity index (χ2n) is 8.33. The molecule has 5 heterocycles. The van der Waals surface area contributed by atoms with Gasteiger partial charge in [0.05, 0.1) is 35.9 Å². The van der Waals surface area contributed by atoms with Crippen LogP contribution in [0.3, 0.4) is 0 Å². The van der Waals surface area contributed by atoms with Gasteiger partial charge in [-0.1, -0.05) is 0 Å². The van der Waals surface area contributed by atoms with Crippen LogP contribution in [-0.2, 0) is 19.5 Å². The summed E-state index contributed by atoms with van der Waals surface area (Å²) in [6.45, 7) is 9.94. The van der Waals surface area contributed by atoms with Crippen LogP contribution in [-0.4, -0.2) is 43.4 Å². The Labute approximate surface area is 168 Å². The van der Waals surface area contributed by atoms with Crippen LogP contribution in [0, 0.1) is 17.1 Å². The summed E-state index contributed by atoms with van der Waals surface area (Å²) in [5, 5.41) is 18.3. The van der Waals surface area contributed by atoms with Crippen LogP contribution in [0.2, 0.25) is 0 Å². The fourth-order valence-corrected chi connectivity index (χ4v) is 4.69. The van der Waals surface area contributed by atoms with Crippen LogP contribution in [0.5, 0.6) is 0 Å². The first kappa shape index (κ1) is 18.1. The summed E-state index contributed by atoms with van der Waals surface area (Å²) in [5.41, 5.74) is 5.21. The maximum Gasteiger partial charge on any atom is 0.171 e. The lowest BCUT2D eigenvalue weighted by atomic mass is 10.0. The van der Waals surface area contributed by atoms with E-state index in [1.54, 1.807) is 6.07 Å². The minimum atomic E-state index is -0.404. The van der Waals surface area contributed by atoms with Crippen LogP contribution < -0.4 is 4.90 Å². The lowest BCUT2D eigenvalue weighted by Crippen LogP contribution is -2.38. The van der Waals surface area contributed by atoms with Gasteiger partial charge in [0.15, 0.2) is 5.82 Å². The predicted octanol–water partition coefficient (Wildman–Crippen LogP) is 2.89. The second kappa shape index (κ2) is 6.56. The van der Waals surface area contributed by atoms with Crippen LogP contribution >= 0.6 is 0 Å². The molecule has 0 saturated heterocycles. The molecule has 150 valence electrons. The zero-order valence-corrected chi connectivity index (χ0v) is 16.9. The number of pyridine rings is 1. The molecule has 0 aromatic carbocycles. The van der Waals surface area contributed by atoms with E-state index in [1.807, 2.05) is 6.07 Å². The van der Waals surface area contributed by atoms with Crippen LogP contribution in [0.25, 0.3) is 5.52 Å². The van der Waals surface area contributed by atoms with Crippen LogP contribution in [0.4, 0.5) is 10.1 Å². The van der Waals surface area contributed by atoms with E-state index in [4.69, 9.17) is 5.10 Å². The van der Waals surface area contributed by atoms with Crippen molar-refractivity contribution in [1.82, 2.24) is 24.3 Å². The van der Waals surface area contributed by atoms with Gasteiger partial charge in [-0.2, -0.15) is 15.5 Å². The van der Waals surface area contributed by atoms with Gasteiger partial charge in [-0.15, -0.1) is 0 Å². The van der Waals surface area contributed by atoms with Crippen molar-refractivity contribution in [2.75, 3.05) is 18.0 Å². The van der Waals surface area contributed by atoms with Gasteiger partial charge in [0.25, 0.3) is 0 Å². The molecule has 0 saturated carbocycles. The topological polar surface area (TPSA) is 65.4 Å². The summed E-state index contributed by atoms with van der Waals surface area (Å²) in [6, 6.07) is 6.32. The average Bonchev–Trinajstić information content (AvgIpc) is 3.28. The van der Waals surface area contributed by atoms with Gasteiger partial charge in [0.1, 0.15) is 17.3 Å². The van der Waals surface area contributed by atoms with Crippen LogP contribution in [0.1, 0.15) is 49.5 Å². The van der Waals surface area contributed by atoms with Gasteiger partial charge in [-0.25, -0.2) is 8.91 Å². The van der Waals surface area contributed by atoms with E-state index in [0.717, 1.165) is 31.7 Å². The van der Waals surface area contributed by atoms with E-state index in [0.29, 0.717) is 23.8 Å². The van der Waals surface area contributed by atoms with E-state index in [2.05, 4.69) is 46.4 Å². The number of halogens is 1. The van der Waals surface area contributed by atoms with E-state index in [1.165, 1.54) is 27.7 Å². The quantitative estimate of drug-likeness (QED) is 0.670. The fraction of sp³-hybridized carbons (Fsp3) is 0.476. The van der Waals surface area contributed by atoms with Crippen molar-refractivity contribution in [3.63, 3.8) is 0 Å². The molecule has 29 heavy (non-hydrogen) atoms. The number of nitrogens with zero attached hydrogens (tertiary/aromatic N) is 7. The Morgan fingerprint density at radius 1 is 1.28 bits per heavy atom. The number of anilines is 1. The monoisotopic (exact) mass is 393 g/mol. The summed E-state index contributed by atoms with van der Waals surface area (Å²) in [6.07, 6.45) is 2.17. The highest BCUT2D eigenvalue weighted by Gasteiger charge is 2.32. The van der Waals surface area contributed by atoms with Crippen molar-refractivity contribution in [3.8, 4) is 6.07 Å². The maximum absolute atomic E-state index is 14.6. The van der Waals surface area contributed by atoms with Crippen molar-refractivity contribution in [1.29, 1.82) is 5.26 Å². The molecular formula is C21H24FN7. The van der Waals surface area contributed by atoms with Crippen molar-refractivity contribution >= 4 is 11.2 Å². The summed E-state index contributed by atoms with van der Waals surface area (Å²) in [5.74, 6) is -0.404. The third-order valence-electron chi connectivity index (χ3n) is 6.23. The normalized spacial score (nSPS) is 19.4. The number of aromatic nitrogens is 4. The molecule has 3 aromatic rings. The zero-order chi connectivity index (χ0) is 20.3. The van der Waals surface area contributed by atoms with Crippen molar-refractivity contribution in [3.05, 3.63) is 46.8 Å². The number of nitriles is 1. The Morgan fingerprint density at radius 3 is 2.86 bits per heavy atom. The molecule has 0 radical (unpaired) electrons. The standard InChI is InChI=1S/C21H24FN7/c1-13(2)26-7-6-16-18(11-26)25-28-14(3)10-27(12-20(16)28)19-5-4-15(8-23)29-21(19)17(22)9-24-29/h4-5,9,13-14H,6-7,10-12H2,1-3H3/t14-/m1/s1. The molecule has 5 rings (SSSR count). The summed E-state index contributed by atoms with van der Waals surface area (Å²) in [7, 11) is 0. The van der Waals surface area contributed by atoms with Gasteiger partial charge in [0.2, 0.25) is 0 Å². The molecule has 2 aliphatic heterocycles. The fourth-order valence-electron chi connectivity index (χ4n) is 4.69. The molecule has 0 amide bonds. The first-order valence-electron chi connectivity index (χ1n) is 10.1. The van der Waals surface area contributed by atoms with Gasteiger partial charge in [0, 0.05) is 31.2 Å². The molecule has 0 aliphatic carbocycles. The number of rotatable bonds is 2. The number of hydrogen-bond donors (Lipinski definition) is 0. The number of fused-ring (bicyclic) bond motifs is 4. The summed E-state index contributed by atoms with van der Waals surface area (Å²) < 4.78 is 18.1. The second-order valence-corrected chi connectivity index (χ2v) is 8.33. The molecule has 3 aromatic heterocycles. The van der Waals surface area contributed by atoms with Gasteiger partial charge < -0.3 is 4.90 Å². The lowest BCUT2D eigenvalue weighted by molar-refractivity contribution is 0.200. The van der Waals surface area contributed by atoms with Gasteiger partial charge in [-0.3, -0.25) is 9.58 Å². The molecule has 8 heteroatoms. The molecular weight excluding hydrogens is 369 g/mol. The van der Waals surface area contributed by atoms with Crippen LogP contribution in [0.15, 0.2) is 18.3 Å². The molecule has 1 atom stereocenters. The highest BCUT2D eigenvalue weighted by molar-refractivity contribution is 5.75. The minimum absolute atomic E-state index is 0.179. The molecule has 7 nitrogen and oxygen atoms in total. The lowest BCUT2D eigenvalue weighted by Gasteiger charge is -2.35. The SMILES string of the molecule is CC(C)N1CCc2c(nn3c2CN(c2ccc(C#N)n4ncc(F)c24)C[C@H]3C)C1. The van der Waals surface area contributed by atoms with Gasteiger partial charge in [-0.05, 0) is 39.3 Å². The average molecular weight is 393 g/mol. The Bertz CT molecular complexity index is 1140. The van der Waals surface area contributed by atoms with E-state index in [-0.39, 0.29) is 6.04 Å². The number of hydrogen-bond acceptors (Lipinski definition) is 5. The Morgan fingerprint density at radius 2 is 2.10 bits per heavy atom. The van der Waals surface area contributed by atoms with E-state index in [9.17, 15) is 9.65 Å². The largest absolute Gasteiger partial charge is 0.362 e. The van der Waals surface area contributed by atoms with Crippen molar-refractivity contribution in [2.45, 2.75) is 52.4 Å². The first-order chi connectivity index (χ1) is 14.0. The van der Waals surface area contributed by atoms with Gasteiger partial charge >= 0.3 is 0 Å². The third-order valence-corrected chi connectivity index (χ3v) is 6.23. The van der Waals surface area contributed by atoms with E-state index >= 15 is 0 Å². The van der Waals surface area contributed by atoms with Crippen molar-refractivity contribution in [2.24, 2.45) is 0 Å². The van der Waals surface area contributed by atoms with E-state index < -0.39 is 5.82 Å². The van der Waals surface area contributed by atoms with Crippen molar-refractivity contribution < 1.29 is 4.39 Å². The smallest absolute Gasteiger partial charge is 0.171 e. The summed E-state index contributed by atoms with van der Waals surface area (Å²) >= 11 is 0. The third kappa shape index (κ3) is 2.72. The molecule has 0 fully saturated rings. The molecule has 0 unspecified atom stereocenters. The molecule has 2 aliphatic rings. The highest BCUT2D eigenvalue weighted by atomic mass is 19.1. The first-order valence-corrected chi connectivity index (χ1v) is 10.1.